The van der Waals surface area contributed by atoms with Crippen molar-refractivity contribution in [2.75, 3.05) is 0 Å². The lowest BCUT2D eigenvalue weighted by Gasteiger charge is -2.07. The van der Waals surface area contributed by atoms with E-state index in [0.717, 1.165) is 16.9 Å². The first kappa shape index (κ1) is 13.5. The fourth-order valence-corrected chi connectivity index (χ4v) is 2.25. The van der Waals surface area contributed by atoms with Gasteiger partial charge in [-0.25, -0.2) is 0 Å². The van der Waals surface area contributed by atoms with Crippen molar-refractivity contribution >= 4 is 0 Å². The van der Waals surface area contributed by atoms with Crippen LogP contribution in [-0.4, -0.2) is 10.2 Å². The molecule has 1 heterocycles. The van der Waals surface area contributed by atoms with Crippen molar-refractivity contribution in [2.24, 2.45) is 0 Å². The molecule has 106 valence electrons. The summed E-state index contributed by atoms with van der Waals surface area (Å²) in [5, 5.41) is 19.6. The molecule has 0 radical (unpaired) electrons. The molecule has 3 rings (SSSR count). The smallest absolute Gasteiger partial charge is 0.137 e. The van der Waals surface area contributed by atoms with Gasteiger partial charge in [-0.3, -0.25) is 0 Å². The average molecular weight is 280 g/mol. The highest BCUT2D eigenvalue weighted by molar-refractivity contribution is 5.30. The average Bonchev–Trinajstić information content (AvgIpc) is 2.98. The van der Waals surface area contributed by atoms with E-state index in [1.54, 1.807) is 18.2 Å². The van der Waals surface area contributed by atoms with Crippen molar-refractivity contribution in [3.05, 3.63) is 89.4 Å². The van der Waals surface area contributed by atoms with Gasteiger partial charge in [0, 0.05) is 6.42 Å². The van der Waals surface area contributed by atoms with E-state index in [1.807, 2.05) is 48.5 Å². The molecule has 0 aliphatic heterocycles. The number of hydrogen-bond acceptors (Lipinski definition) is 3. The molecule has 0 amide bonds. The Labute approximate surface area is 123 Å². The van der Waals surface area contributed by atoms with Crippen LogP contribution in [0.3, 0.4) is 0 Å². The van der Waals surface area contributed by atoms with Gasteiger partial charge in [-0.15, -0.1) is 0 Å². The van der Waals surface area contributed by atoms with Crippen LogP contribution in [0.4, 0.5) is 0 Å². The fourth-order valence-electron chi connectivity index (χ4n) is 2.25. The van der Waals surface area contributed by atoms with Gasteiger partial charge in [0.05, 0.1) is 0 Å². The molecule has 1 aromatic heterocycles. The summed E-state index contributed by atoms with van der Waals surface area (Å²) in [5.74, 6) is 1.57. The Morgan fingerprint density at radius 1 is 0.857 bits per heavy atom. The van der Waals surface area contributed by atoms with Gasteiger partial charge in [-0.05, 0) is 35.4 Å². The molecule has 1 atom stereocenters. The van der Waals surface area contributed by atoms with Crippen LogP contribution in [-0.2, 0) is 6.42 Å². The number of aliphatic hydroxyl groups is 1. The third kappa shape index (κ3) is 3.15. The highest BCUT2D eigenvalue weighted by Crippen LogP contribution is 2.24. The number of rotatable bonds is 4. The zero-order valence-corrected chi connectivity index (χ0v) is 11.4. The summed E-state index contributed by atoms with van der Waals surface area (Å²) < 4.78 is 5.72. The maximum Gasteiger partial charge on any atom is 0.137 e. The van der Waals surface area contributed by atoms with Crippen LogP contribution in [0.1, 0.15) is 28.8 Å². The largest absolute Gasteiger partial charge is 0.508 e. The number of hydrogen-bond donors (Lipinski definition) is 2. The van der Waals surface area contributed by atoms with Gasteiger partial charge >= 0.3 is 0 Å². The molecule has 3 nitrogen and oxygen atoms in total. The van der Waals surface area contributed by atoms with Crippen LogP contribution in [0.2, 0.25) is 0 Å². The lowest BCUT2D eigenvalue weighted by molar-refractivity contribution is 0.187. The molecule has 1 unspecified atom stereocenters. The highest BCUT2D eigenvalue weighted by atomic mass is 16.4. The predicted molar refractivity (Wildman–Crippen MR) is 80.1 cm³/mol. The van der Waals surface area contributed by atoms with Crippen molar-refractivity contribution < 1.29 is 14.6 Å². The summed E-state index contributed by atoms with van der Waals surface area (Å²) >= 11 is 0. The Morgan fingerprint density at radius 2 is 1.57 bits per heavy atom. The lowest BCUT2D eigenvalue weighted by Crippen LogP contribution is -1.97. The summed E-state index contributed by atoms with van der Waals surface area (Å²) in [5.41, 5.74) is 1.85. The maximum atomic E-state index is 10.3. The van der Waals surface area contributed by atoms with E-state index in [0.29, 0.717) is 12.2 Å². The van der Waals surface area contributed by atoms with E-state index in [2.05, 4.69) is 0 Å². The maximum absolute atomic E-state index is 10.3. The minimum absolute atomic E-state index is 0.249. The summed E-state index contributed by atoms with van der Waals surface area (Å²) in [6.07, 6.45) is -0.123. The number of aliphatic hydroxyl groups excluding tert-OH is 1. The Morgan fingerprint density at radius 3 is 2.29 bits per heavy atom. The minimum atomic E-state index is -0.750. The molecule has 0 spiro atoms. The quantitative estimate of drug-likeness (QED) is 0.767. The lowest BCUT2D eigenvalue weighted by atomic mass is 10.1. The topological polar surface area (TPSA) is 53.6 Å². The minimum Gasteiger partial charge on any atom is -0.508 e. The Bertz CT molecular complexity index is 699. The Balaban J connectivity index is 1.75. The number of furan rings is 1. The molecule has 3 aromatic rings. The number of aromatic hydroxyl groups is 1. The molecule has 21 heavy (non-hydrogen) atoms. The third-order valence-electron chi connectivity index (χ3n) is 3.38. The van der Waals surface area contributed by atoms with E-state index in [1.165, 1.54) is 0 Å². The standard InChI is InChI=1S/C18H16O3/c19-15-8-6-13(7-9-15)12-16-10-11-17(21-16)18(20)14-4-2-1-3-5-14/h1-11,18-20H,12H2. The van der Waals surface area contributed by atoms with Crippen LogP contribution in [0.25, 0.3) is 0 Å². The normalized spacial score (nSPS) is 12.2. The van der Waals surface area contributed by atoms with Crippen LogP contribution < -0.4 is 0 Å². The first-order valence-electron chi connectivity index (χ1n) is 6.82. The van der Waals surface area contributed by atoms with Crippen LogP contribution >= 0.6 is 0 Å². The molecule has 2 N–H and O–H groups in total. The van der Waals surface area contributed by atoms with E-state index in [-0.39, 0.29) is 5.75 Å². The van der Waals surface area contributed by atoms with Gasteiger partial charge in [0.15, 0.2) is 0 Å². The molecule has 0 saturated carbocycles. The Hall–Kier alpha value is -2.52. The highest BCUT2D eigenvalue weighted by Gasteiger charge is 2.14. The van der Waals surface area contributed by atoms with E-state index in [9.17, 15) is 10.2 Å². The fraction of sp³-hybridized carbons (Fsp3) is 0.111. The second-order valence-corrected chi connectivity index (χ2v) is 4.96. The van der Waals surface area contributed by atoms with E-state index < -0.39 is 6.10 Å². The molecule has 2 aromatic carbocycles. The van der Waals surface area contributed by atoms with Gasteiger partial charge in [0.2, 0.25) is 0 Å². The second-order valence-electron chi connectivity index (χ2n) is 4.96. The number of benzene rings is 2. The zero-order chi connectivity index (χ0) is 14.7. The van der Waals surface area contributed by atoms with Crippen molar-refractivity contribution in [3.8, 4) is 5.75 Å². The van der Waals surface area contributed by atoms with Crippen molar-refractivity contribution in [1.82, 2.24) is 0 Å². The van der Waals surface area contributed by atoms with Crippen molar-refractivity contribution in [2.45, 2.75) is 12.5 Å². The molecular weight excluding hydrogens is 264 g/mol. The molecule has 0 aliphatic carbocycles. The molecule has 0 saturated heterocycles. The van der Waals surface area contributed by atoms with E-state index in [4.69, 9.17) is 4.42 Å². The van der Waals surface area contributed by atoms with Crippen LogP contribution in [0, 0.1) is 0 Å². The number of phenolic OH excluding ortho intramolecular Hbond substituents is 1. The van der Waals surface area contributed by atoms with Gasteiger partial charge in [0.1, 0.15) is 23.4 Å². The molecule has 3 heteroatoms. The summed E-state index contributed by atoms with van der Waals surface area (Å²) in [6, 6.07) is 20.1. The first-order valence-corrected chi connectivity index (χ1v) is 6.82. The van der Waals surface area contributed by atoms with Crippen molar-refractivity contribution in [3.63, 3.8) is 0 Å². The zero-order valence-electron chi connectivity index (χ0n) is 11.4. The van der Waals surface area contributed by atoms with Gasteiger partial charge in [-0.1, -0.05) is 42.5 Å². The first-order chi connectivity index (χ1) is 10.2. The molecule has 0 aliphatic rings. The monoisotopic (exact) mass is 280 g/mol. The second kappa shape index (κ2) is 5.85. The summed E-state index contributed by atoms with van der Waals surface area (Å²) in [6.45, 7) is 0. The third-order valence-corrected chi connectivity index (χ3v) is 3.38. The van der Waals surface area contributed by atoms with Crippen LogP contribution in [0.15, 0.2) is 71.1 Å². The molecular formula is C18H16O3. The van der Waals surface area contributed by atoms with E-state index >= 15 is 0 Å². The van der Waals surface area contributed by atoms with Crippen LogP contribution in [0.5, 0.6) is 5.75 Å². The SMILES string of the molecule is Oc1ccc(Cc2ccc(C(O)c3ccccc3)o2)cc1. The summed E-state index contributed by atoms with van der Waals surface area (Å²) in [7, 11) is 0. The van der Waals surface area contributed by atoms with Gasteiger partial charge < -0.3 is 14.6 Å². The molecule has 0 bridgehead atoms. The van der Waals surface area contributed by atoms with Gasteiger partial charge in [-0.2, -0.15) is 0 Å². The van der Waals surface area contributed by atoms with Crippen molar-refractivity contribution in [1.29, 1.82) is 0 Å². The molecule has 0 fully saturated rings. The van der Waals surface area contributed by atoms with Gasteiger partial charge in [0.25, 0.3) is 0 Å². The predicted octanol–water partition coefficient (Wildman–Crippen LogP) is 3.66. The Kier molecular flexibility index (Phi) is 3.75. The summed E-state index contributed by atoms with van der Waals surface area (Å²) in [4.78, 5) is 0. The number of phenols is 1.